The minimum atomic E-state index is -0.881. The second-order valence-electron chi connectivity index (χ2n) is 4.41. The normalized spacial score (nSPS) is 13.8. The Kier molecular flexibility index (Phi) is 5.09. The summed E-state index contributed by atoms with van der Waals surface area (Å²) in [6, 6.07) is 3.49. The van der Waals surface area contributed by atoms with Gasteiger partial charge in [-0.25, -0.2) is 4.98 Å². The van der Waals surface area contributed by atoms with Gasteiger partial charge in [0, 0.05) is 6.20 Å². The molecule has 5 heteroatoms. The highest BCUT2D eigenvalue weighted by molar-refractivity contribution is 5.98. The zero-order valence-electron chi connectivity index (χ0n) is 11.2. The van der Waals surface area contributed by atoms with Crippen molar-refractivity contribution in [3.63, 3.8) is 0 Å². The minimum absolute atomic E-state index is 0.224. The van der Waals surface area contributed by atoms with E-state index >= 15 is 0 Å². The summed E-state index contributed by atoms with van der Waals surface area (Å²) in [6.07, 6.45) is 3.10. The molecule has 0 radical (unpaired) electrons. The topological polar surface area (TPSA) is 77.2 Å². The van der Waals surface area contributed by atoms with Crippen molar-refractivity contribution in [1.82, 2.24) is 4.98 Å². The SMILES string of the molecule is CCCC(C)(N)C(=O)Nc1cccnc1OCC. The Morgan fingerprint density at radius 3 is 2.89 bits per heavy atom. The fourth-order valence-corrected chi connectivity index (χ4v) is 1.64. The second-order valence-corrected chi connectivity index (χ2v) is 4.41. The number of pyridine rings is 1. The molecular weight excluding hydrogens is 230 g/mol. The predicted octanol–water partition coefficient (Wildman–Crippen LogP) is 1.94. The van der Waals surface area contributed by atoms with Crippen LogP contribution in [0.5, 0.6) is 5.88 Å². The number of anilines is 1. The van der Waals surface area contributed by atoms with Gasteiger partial charge in [-0.1, -0.05) is 13.3 Å². The van der Waals surface area contributed by atoms with Crippen molar-refractivity contribution in [2.24, 2.45) is 5.73 Å². The maximum absolute atomic E-state index is 12.1. The van der Waals surface area contributed by atoms with Crippen molar-refractivity contribution in [2.75, 3.05) is 11.9 Å². The average molecular weight is 251 g/mol. The molecule has 0 aliphatic heterocycles. The first kappa shape index (κ1) is 14.4. The molecule has 0 saturated heterocycles. The van der Waals surface area contributed by atoms with Gasteiger partial charge < -0.3 is 15.8 Å². The van der Waals surface area contributed by atoms with Gasteiger partial charge in [0.2, 0.25) is 11.8 Å². The van der Waals surface area contributed by atoms with Crippen LogP contribution in [0.4, 0.5) is 5.69 Å². The van der Waals surface area contributed by atoms with E-state index in [-0.39, 0.29) is 5.91 Å². The van der Waals surface area contributed by atoms with E-state index < -0.39 is 5.54 Å². The van der Waals surface area contributed by atoms with Gasteiger partial charge in [0.15, 0.2) is 0 Å². The van der Waals surface area contributed by atoms with Crippen LogP contribution < -0.4 is 15.8 Å². The van der Waals surface area contributed by atoms with Crippen molar-refractivity contribution < 1.29 is 9.53 Å². The van der Waals surface area contributed by atoms with Gasteiger partial charge in [-0.3, -0.25) is 4.79 Å². The molecule has 1 unspecified atom stereocenters. The Bertz CT molecular complexity index is 405. The van der Waals surface area contributed by atoms with Crippen LogP contribution in [-0.4, -0.2) is 23.0 Å². The van der Waals surface area contributed by atoms with Gasteiger partial charge >= 0.3 is 0 Å². The highest BCUT2D eigenvalue weighted by atomic mass is 16.5. The molecule has 18 heavy (non-hydrogen) atoms. The molecule has 0 saturated carbocycles. The van der Waals surface area contributed by atoms with Gasteiger partial charge in [0.25, 0.3) is 0 Å². The summed E-state index contributed by atoms with van der Waals surface area (Å²) in [5.41, 5.74) is 5.64. The van der Waals surface area contributed by atoms with Gasteiger partial charge in [0.05, 0.1) is 12.1 Å². The summed E-state index contributed by atoms with van der Waals surface area (Å²) >= 11 is 0. The summed E-state index contributed by atoms with van der Waals surface area (Å²) in [5, 5.41) is 2.77. The van der Waals surface area contributed by atoms with Crippen LogP contribution >= 0.6 is 0 Å². The quantitative estimate of drug-likeness (QED) is 0.810. The third kappa shape index (κ3) is 3.70. The van der Waals surface area contributed by atoms with E-state index in [2.05, 4.69) is 10.3 Å². The standard InChI is InChI=1S/C13H21N3O2/c1-4-8-13(3,14)12(17)16-10-7-6-9-15-11(10)18-5-2/h6-7,9H,4-5,8,14H2,1-3H3,(H,16,17). The molecule has 0 bridgehead atoms. The zero-order valence-corrected chi connectivity index (χ0v) is 11.2. The summed E-state index contributed by atoms with van der Waals surface area (Å²) in [6.45, 7) is 6.08. The first-order valence-corrected chi connectivity index (χ1v) is 6.19. The minimum Gasteiger partial charge on any atom is -0.476 e. The van der Waals surface area contributed by atoms with Crippen LogP contribution in [0.1, 0.15) is 33.6 Å². The van der Waals surface area contributed by atoms with E-state index in [4.69, 9.17) is 10.5 Å². The molecule has 3 N–H and O–H groups in total. The molecular formula is C13H21N3O2. The second kappa shape index (κ2) is 6.35. The lowest BCUT2D eigenvalue weighted by Gasteiger charge is -2.23. The number of nitrogens with one attached hydrogen (secondary N) is 1. The van der Waals surface area contributed by atoms with E-state index in [1.54, 1.807) is 25.3 Å². The van der Waals surface area contributed by atoms with Gasteiger partial charge in [-0.15, -0.1) is 0 Å². The lowest BCUT2D eigenvalue weighted by Crippen LogP contribution is -2.48. The third-order valence-electron chi connectivity index (χ3n) is 2.59. The molecule has 0 aromatic carbocycles. The van der Waals surface area contributed by atoms with Crippen molar-refractivity contribution in [1.29, 1.82) is 0 Å². The molecule has 1 aromatic heterocycles. The summed E-state index contributed by atoms with van der Waals surface area (Å²) in [5.74, 6) is 0.193. The maximum atomic E-state index is 12.1. The number of nitrogens with two attached hydrogens (primary N) is 1. The molecule has 0 spiro atoms. The number of amides is 1. The molecule has 1 aromatic rings. The van der Waals surface area contributed by atoms with Gasteiger partial charge in [-0.05, 0) is 32.4 Å². The van der Waals surface area contributed by atoms with Crippen molar-refractivity contribution in [2.45, 2.75) is 39.2 Å². The average Bonchev–Trinajstić information content (AvgIpc) is 2.32. The largest absolute Gasteiger partial charge is 0.476 e. The number of nitrogens with zero attached hydrogens (tertiary/aromatic N) is 1. The Balaban J connectivity index is 2.81. The Labute approximate surface area is 108 Å². The summed E-state index contributed by atoms with van der Waals surface area (Å²) < 4.78 is 5.34. The van der Waals surface area contributed by atoms with Crippen LogP contribution in [0.25, 0.3) is 0 Å². The molecule has 5 nitrogen and oxygen atoms in total. The van der Waals surface area contributed by atoms with Crippen LogP contribution in [0.2, 0.25) is 0 Å². The number of carbonyl (C=O) groups is 1. The summed E-state index contributed by atoms with van der Waals surface area (Å²) in [7, 11) is 0. The highest BCUT2D eigenvalue weighted by Gasteiger charge is 2.27. The number of hydrogen-bond donors (Lipinski definition) is 2. The molecule has 0 aliphatic carbocycles. The van der Waals surface area contributed by atoms with Crippen molar-refractivity contribution >= 4 is 11.6 Å². The van der Waals surface area contributed by atoms with E-state index in [0.717, 1.165) is 6.42 Å². The van der Waals surface area contributed by atoms with Crippen LogP contribution in [0.15, 0.2) is 18.3 Å². The van der Waals surface area contributed by atoms with Gasteiger partial charge in [-0.2, -0.15) is 0 Å². The van der Waals surface area contributed by atoms with E-state index in [1.165, 1.54) is 0 Å². The number of aromatic nitrogens is 1. The van der Waals surface area contributed by atoms with E-state index in [9.17, 15) is 4.79 Å². The Hall–Kier alpha value is -1.62. The highest BCUT2D eigenvalue weighted by Crippen LogP contribution is 2.22. The Morgan fingerprint density at radius 1 is 1.56 bits per heavy atom. The van der Waals surface area contributed by atoms with Crippen molar-refractivity contribution in [3.8, 4) is 5.88 Å². The van der Waals surface area contributed by atoms with Crippen LogP contribution in [0, 0.1) is 0 Å². The molecule has 1 atom stereocenters. The third-order valence-corrected chi connectivity index (χ3v) is 2.59. The molecule has 1 rings (SSSR count). The number of rotatable bonds is 6. The smallest absolute Gasteiger partial charge is 0.244 e. The van der Waals surface area contributed by atoms with Crippen molar-refractivity contribution in [3.05, 3.63) is 18.3 Å². The lowest BCUT2D eigenvalue weighted by molar-refractivity contribution is -0.120. The number of carbonyl (C=O) groups excluding carboxylic acids is 1. The fourth-order valence-electron chi connectivity index (χ4n) is 1.64. The lowest BCUT2D eigenvalue weighted by atomic mass is 9.96. The molecule has 0 aliphatic rings. The molecule has 1 heterocycles. The monoisotopic (exact) mass is 251 g/mol. The maximum Gasteiger partial charge on any atom is 0.244 e. The molecule has 0 fully saturated rings. The predicted molar refractivity (Wildman–Crippen MR) is 71.5 cm³/mol. The van der Waals surface area contributed by atoms with Crippen LogP contribution in [-0.2, 0) is 4.79 Å². The zero-order chi connectivity index (χ0) is 13.6. The first-order chi connectivity index (χ1) is 8.51. The number of hydrogen-bond acceptors (Lipinski definition) is 4. The Morgan fingerprint density at radius 2 is 2.28 bits per heavy atom. The molecule has 100 valence electrons. The molecule has 1 amide bonds. The van der Waals surface area contributed by atoms with Crippen LogP contribution in [0.3, 0.4) is 0 Å². The van der Waals surface area contributed by atoms with E-state index in [1.807, 2.05) is 13.8 Å². The fraction of sp³-hybridized carbons (Fsp3) is 0.538. The van der Waals surface area contributed by atoms with E-state index in [0.29, 0.717) is 24.6 Å². The first-order valence-electron chi connectivity index (χ1n) is 6.19. The van der Waals surface area contributed by atoms with Gasteiger partial charge in [0.1, 0.15) is 5.69 Å². The summed E-state index contributed by atoms with van der Waals surface area (Å²) in [4.78, 5) is 16.1. The number of ether oxygens (including phenoxy) is 1.